The molecule has 6 aromatic carbocycles. The molecule has 2 saturated heterocycles. The van der Waals surface area contributed by atoms with Crippen molar-refractivity contribution in [2.45, 2.75) is 121 Å². The van der Waals surface area contributed by atoms with Gasteiger partial charge in [-0.2, -0.15) is 0 Å². The zero-order chi connectivity index (χ0) is 49.7. The van der Waals surface area contributed by atoms with Crippen LogP contribution in [-0.2, 0) is 96.6 Å². The number of ether oxygens (including phenoxy) is 10. The second-order valence-corrected chi connectivity index (χ2v) is 17.9. The SMILES string of the molecule is CC(=O)CCC(=O)O[C@@H]1[C@H](OCc2ccccc2)[C@@H](OCc2ccccc2)[C@H](O[C@H]2[C@H](OCc3ccccc3)[C@@H](OCc3ccccc3)C(F)O[C@@H]2COCc2ccccc2)O[C@@H]1COCc1ccccc1. The third kappa shape index (κ3) is 15.8. The molecule has 0 spiro atoms. The number of hydrogen-bond acceptors (Lipinski definition) is 12. The van der Waals surface area contributed by atoms with Gasteiger partial charge in [0.2, 0.25) is 6.36 Å². The first-order chi connectivity index (χ1) is 35.4. The molecule has 10 atom stereocenters. The quantitative estimate of drug-likeness (QED) is 0.0481. The molecule has 0 bridgehead atoms. The summed E-state index contributed by atoms with van der Waals surface area (Å²) >= 11 is 0. The van der Waals surface area contributed by atoms with Crippen LogP contribution in [-0.4, -0.2) is 86.4 Å². The van der Waals surface area contributed by atoms with Crippen LogP contribution in [0.5, 0.6) is 0 Å². The topological polar surface area (TPSA) is 126 Å². The van der Waals surface area contributed by atoms with Gasteiger partial charge in [0, 0.05) is 6.42 Å². The van der Waals surface area contributed by atoms with Gasteiger partial charge in [0.1, 0.15) is 48.5 Å². The first kappa shape index (κ1) is 52.4. The number of ketones is 1. The maximum atomic E-state index is 16.9. The summed E-state index contributed by atoms with van der Waals surface area (Å²) in [5.74, 6) is -0.786. The minimum absolute atomic E-state index is 0.0142. The summed E-state index contributed by atoms with van der Waals surface area (Å²) in [6.07, 6.45) is -12.4. The Hall–Kier alpha value is -5.97. The largest absolute Gasteiger partial charge is 0.457 e. The first-order valence-electron chi connectivity index (χ1n) is 24.5. The Bertz CT molecular complexity index is 2470. The van der Waals surface area contributed by atoms with Crippen molar-refractivity contribution in [3.05, 3.63) is 215 Å². The number of benzene rings is 6. The number of hydrogen-bond donors (Lipinski definition) is 0. The van der Waals surface area contributed by atoms with E-state index in [-0.39, 0.29) is 71.5 Å². The lowest BCUT2D eigenvalue weighted by Crippen LogP contribution is -2.66. The van der Waals surface area contributed by atoms with Gasteiger partial charge in [-0.3, -0.25) is 4.79 Å². The van der Waals surface area contributed by atoms with E-state index in [1.165, 1.54) is 6.92 Å². The highest BCUT2D eigenvalue weighted by Crippen LogP contribution is 2.37. The smallest absolute Gasteiger partial charge is 0.306 e. The highest BCUT2D eigenvalue weighted by atomic mass is 19.1. The fraction of sp³-hybridized carbons (Fsp3) is 0.356. The molecule has 0 radical (unpaired) electrons. The number of Topliss-reactive ketones (excluding diaryl/α,β-unsaturated/α-hetero) is 1. The van der Waals surface area contributed by atoms with Crippen molar-refractivity contribution in [2.75, 3.05) is 13.2 Å². The van der Waals surface area contributed by atoms with Crippen molar-refractivity contribution in [1.82, 2.24) is 0 Å². The van der Waals surface area contributed by atoms with Crippen LogP contribution in [0.25, 0.3) is 0 Å². The second kappa shape index (κ2) is 27.7. The molecule has 378 valence electrons. The van der Waals surface area contributed by atoms with Gasteiger partial charge in [0.05, 0.1) is 59.3 Å². The maximum absolute atomic E-state index is 16.9. The number of carbonyl (C=O) groups is 2. The Morgan fingerprint density at radius 3 is 1.17 bits per heavy atom. The molecule has 2 aliphatic rings. The van der Waals surface area contributed by atoms with E-state index in [9.17, 15) is 9.59 Å². The lowest BCUT2D eigenvalue weighted by atomic mass is 9.96. The zero-order valence-electron chi connectivity index (χ0n) is 40.4. The molecule has 0 N–H and O–H groups in total. The van der Waals surface area contributed by atoms with Gasteiger partial charge < -0.3 is 52.2 Å². The summed E-state index contributed by atoms with van der Waals surface area (Å²) in [6.45, 7) is 1.97. The van der Waals surface area contributed by atoms with Crippen LogP contribution in [0.3, 0.4) is 0 Å². The van der Waals surface area contributed by atoms with E-state index in [1.54, 1.807) is 0 Å². The molecule has 0 aliphatic carbocycles. The molecule has 2 fully saturated rings. The minimum Gasteiger partial charge on any atom is -0.457 e. The number of alkyl halides is 1. The Morgan fingerprint density at radius 1 is 0.417 bits per heavy atom. The molecule has 13 heteroatoms. The lowest BCUT2D eigenvalue weighted by molar-refractivity contribution is -0.366. The Labute approximate surface area is 421 Å². The van der Waals surface area contributed by atoms with Crippen molar-refractivity contribution in [3.63, 3.8) is 0 Å². The summed E-state index contributed by atoms with van der Waals surface area (Å²) in [6, 6.07) is 57.5. The van der Waals surface area contributed by atoms with Gasteiger partial charge >= 0.3 is 5.97 Å². The van der Waals surface area contributed by atoms with Crippen LogP contribution in [0, 0.1) is 0 Å². The molecule has 2 heterocycles. The van der Waals surface area contributed by atoms with Gasteiger partial charge in [-0.25, -0.2) is 4.39 Å². The summed E-state index contributed by atoms with van der Waals surface area (Å²) in [5.41, 5.74) is 5.18. The Balaban J connectivity index is 1.19. The van der Waals surface area contributed by atoms with Crippen LogP contribution >= 0.6 is 0 Å². The van der Waals surface area contributed by atoms with Crippen LogP contribution < -0.4 is 0 Å². The number of carbonyl (C=O) groups excluding carboxylic acids is 2. The van der Waals surface area contributed by atoms with Gasteiger partial charge in [0.15, 0.2) is 12.4 Å². The third-order valence-electron chi connectivity index (χ3n) is 12.3. The Morgan fingerprint density at radius 2 is 0.764 bits per heavy atom. The fourth-order valence-electron chi connectivity index (χ4n) is 8.60. The predicted molar refractivity (Wildman–Crippen MR) is 265 cm³/mol. The zero-order valence-corrected chi connectivity index (χ0v) is 40.4. The van der Waals surface area contributed by atoms with E-state index < -0.39 is 67.4 Å². The highest BCUT2D eigenvalue weighted by molar-refractivity contribution is 5.81. The van der Waals surface area contributed by atoms with Crippen molar-refractivity contribution >= 4 is 11.8 Å². The average molecular weight is 983 g/mol. The molecule has 0 amide bonds. The fourth-order valence-corrected chi connectivity index (χ4v) is 8.60. The molecule has 12 nitrogen and oxygen atoms in total. The van der Waals surface area contributed by atoms with Crippen molar-refractivity contribution in [1.29, 1.82) is 0 Å². The first-order valence-corrected chi connectivity index (χ1v) is 24.5. The molecule has 0 aromatic heterocycles. The number of halogens is 1. The normalized spacial score (nSPS) is 24.1. The van der Waals surface area contributed by atoms with Gasteiger partial charge in [-0.15, -0.1) is 0 Å². The predicted octanol–water partition coefficient (Wildman–Crippen LogP) is 9.85. The van der Waals surface area contributed by atoms with E-state index >= 15 is 4.39 Å². The molecule has 8 rings (SSSR count). The maximum Gasteiger partial charge on any atom is 0.306 e. The van der Waals surface area contributed by atoms with Crippen LogP contribution in [0.4, 0.5) is 4.39 Å². The molecule has 72 heavy (non-hydrogen) atoms. The monoisotopic (exact) mass is 982 g/mol. The van der Waals surface area contributed by atoms with Crippen LogP contribution in [0.2, 0.25) is 0 Å². The summed E-state index contributed by atoms with van der Waals surface area (Å²) in [4.78, 5) is 25.9. The van der Waals surface area contributed by atoms with Crippen molar-refractivity contribution in [2.24, 2.45) is 0 Å². The molecule has 0 saturated carbocycles. The van der Waals surface area contributed by atoms with Gasteiger partial charge in [0.25, 0.3) is 0 Å². The van der Waals surface area contributed by atoms with E-state index in [1.807, 2.05) is 182 Å². The molecule has 2 aliphatic heterocycles. The van der Waals surface area contributed by atoms with E-state index in [2.05, 4.69) is 0 Å². The molecular formula is C59H63FO12. The highest BCUT2D eigenvalue weighted by Gasteiger charge is 2.55. The summed E-state index contributed by atoms with van der Waals surface area (Å²) in [5, 5.41) is 0. The van der Waals surface area contributed by atoms with Crippen molar-refractivity contribution in [3.8, 4) is 0 Å². The summed E-state index contributed by atoms with van der Waals surface area (Å²) in [7, 11) is 0. The van der Waals surface area contributed by atoms with Crippen LogP contribution in [0.1, 0.15) is 53.1 Å². The minimum atomic E-state index is -1.96. The van der Waals surface area contributed by atoms with E-state index in [0.29, 0.717) is 0 Å². The molecule has 1 unspecified atom stereocenters. The second-order valence-electron chi connectivity index (χ2n) is 17.9. The number of esters is 1. The van der Waals surface area contributed by atoms with Crippen molar-refractivity contribution < 1.29 is 61.3 Å². The van der Waals surface area contributed by atoms with E-state index in [0.717, 1.165) is 33.4 Å². The standard InChI is InChI=1S/C59H63FO12/c1-42(61)32-33-51(62)71-52-50(41-64-35-44-22-10-3-11-23-44)70-59(57(68-39-48-30-18-7-19-31-48)55(52)66-37-46-26-14-5-15-27-46)72-53-49(40-63-34-43-20-8-2-9-21-43)69-58(60)56(67-38-47-28-16-6-17-29-47)54(53)65-36-45-24-12-4-13-25-45/h2-31,49-50,52-59H,32-41H2,1H3/t49-,50-,52+,53-,54+,55+,56-,57-,58?,59+/m1/s1. The third-order valence-corrected chi connectivity index (χ3v) is 12.3. The van der Waals surface area contributed by atoms with Crippen LogP contribution in [0.15, 0.2) is 182 Å². The van der Waals surface area contributed by atoms with Gasteiger partial charge in [-0.05, 0) is 40.3 Å². The summed E-state index contributed by atoms with van der Waals surface area (Å²) < 4.78 is 83.3. The Kier molecular flexibility index (Phi) is 20.2. The number of rotatable bonds is 26. The average Bonchev–Trinajstić information content (AvgIpc) is 3.41. The molecule has 6 aromatic rings. The lowest BCUT2D eigenvalue weighted by Gasteiger charge is -2.49. The molecular weight excluding hydrogens is 920 g/mol. The van der Waals surface area contributed by atoms with Gasteiger partial charge in [-0.1, -0.05) is 182 Å². The van der Waals surface area contributed by atoms with E-state index in [4.69, 9.17) is 47.4 Å².